The third-order valence-electron chi connectivity index (χ3n) is 2.18. The maximum Gasteiger partial charge on any atom is 0.204 e. The average molecular weight is 211 g/mol. The fraction of sp³-hybridized carbons (Fsp3) is 0.300. The van der Waals surface area contributed by atoms with Crippen molar-refractivity contribution in [3.05, 3.63) is 35.6 Å². The highest BCUT2D eigenvalue weighted by molar-refractivity contribution is 8.14. The second-order valence-electron chi connectivity index (χ2n) is 3.31. The molecule has 0 spiro atoms. The summed E-state index contributed by atoms with van der Waals surface area (Å²) in [6.07, 6.45) is 0. The van der Waals surface area contributed by atoms with E-state index in [0.717, 1.165) is 5.56 Å². The van der Waals surface area contributed by atoms with E-state index in [1.54, 1.807) is 12.1 Å². The normalized spacial score (nSPS) is 23.0. The molecule has 0 amide bonds. The van der Waals surface area contributed by atoms with Crippen molar-refractivity contribution >= 4 is 16.9 Å². The SMILES string of the molecule is CN1CC(=O)SC1c1ccc(F)cc1. The lowest BCUT2D eigenvalue weighted by Gasteiger charge is -2.17. The lowest BCUT2D eigenvalue weighted by molar-refractivity contribution is -0.110. The molecular formula is C10H10FNOS. The van der Waals surface area contributed by atoms with Crippen LogP contribution in [0.15, 0.2) is 24.3 Å². The molecule has 74 valence electrons. The van der Waals surface area contributed by atoms with Crippen LogP contribution in [0.4, 0.5) is 4.39 Å². The number of thioether (sulfide) groups is 1. The van der Waals surface area contributed by atoms with Crippen molar-refractivity contribution in [3.8, 4) is 0 Å². The van der Waals surface area contributed by atoms with Gasteiger partial charge in [0.1, 0.15) is 5.82 Å². The van der Waals surface area contributed by atoms with Crippen molar-refractivity contribution in [3.63, 3.8) is 0 Å². The zero-order chi connectivity index (χ0) is 10.1. The number of likely N-dealkylation sites (N-methyl/N-ethyl adjacent to an activating group) is 1. The Morgan fingerprint density at radius 3 is 2.57 bits per heavy atom. The Bertz CT molecular complexity index is 352. The summed E-state index contributed by atoms with van der Waals surface area (Å²) in [4.78, 5) is 13.1. The first-order chi connectivity index (χ1) is 6.66. The van der Waals surface area contributed by atoms with Crippen LogP contribution in [0.2, 0.25) is 0 Å². The van der Waals surface area contributed by atoms with Crippen molar-refractivity contribution in [2.75, 3.05) is 13.6 Å². The van der Waals surface area contributed by atoms with Crippen molar-refractivity contribution in [2.45, 2.75) is 5.37 Å². The van der Waals surface area contributed by atoms with Gasteiger partial charge in [-0.25, -0.2) is 4.39 Å². The van der Waals surface area contributed by atoms with Gasteiger partial charge in [0.15, 0.2) is 0 Å². The van der Waals surface area contributed by atoms with Gasteiger partial charge in [0, 0.05) is 0 Å². The number of rotatable bonds is 1. The van der Waals surface area contributed by atoms with Crippen LogP contribution in [0.1, 0.15) is 10.9 Å². The molecule has 1 unspecified atom stereocenters. The fourth-order valence-electron chi connectivity index (χ4n) is 1.49. The molecule has 4 heteroatoms. The largest absolute Gasteiger partial charge is 0.286 e. The molecule has 2 nitrogen and oxygen atoms in total. The van der Waals surface area contributed by atoms with Crippen LogP contribution in [-0.4, -0.2) is 23.6 Å². The monoisotopic (exact) mass is 211 g/mol. The van der Waals surface area contributed by atoms with Gasteiger partial charge in [0.2, 0.25) is 5.12 Å². The van der Waals surface area contributed by atoms with Gasteiger partial charge in [-0.05, 0) is 24.7 Å². The van der Waals surface area contributed by atoms with Gasteiger partial charge < -0.3 is 0 Å². The fourth-order valence-corrected chi connectivity index (χ4v) is 2.56. The third-order valence-corrected chi connectivity index (χ3v) is 3.42. The molecule has 14 heavy (non-hydrogen) atoms. The number of halogens is 1. The number of carbonyl (C=O) groups is 1. The molecule has 1 saturated heterocycles. The first-order valence-electron chi connectivity index (χ1n) is 4.32. The Hall–Kier alpha value is -0.870. The maximum atomic E-state index is 12.7. The molecule has 1 aromatic carbocycles. The molecule has 1 heterocycles. The summed E-state index contributed by atoms with van der Waals surface area (Å²) in [5, 5.41) is 0.213. The molecule has 0 radical (unpaired) electrons. The Morgan fingerprint density at radius 2 is 2.07 bits per heavy atom. The van der Waals surface area contributed by atoms with Crippen LogP contribution in [0, 0.1) is 5.82 Å². The van der Waals surface area contributed by atoms with E-state index in [9.17, 15) is 9.18 Å². The minimum absolute atomic E-state index is 0.0445. The zero-order valence-corrected chi connectivity index (χ0v) is 8.55. The third kappa shape index (κ3) is 1.81. The van der Waals surface area contributed by atoms with Gasteiger partial charge in [0.25, 0.3) is 0 Å². The van der Waals surface area contributed by atoms with Gasteiger partial charge in [-0.3, -0.25) is 9.69 Å². The minimum atomic E-state index is -0.245. The molecular weight excluding hydrogens is 201 g/mol. The van der Waals surface area contributed by atoms with E-state index in [2.05, 4.69) is 0 Å². The zero-order valence-electron chi connectivity index (χ0n) is 7.74. The summed E-state index contributed by atoms with van der Waals surface area (Å²) in [7, 11) is 1.89. The highest BCUT2D eigenvalue weighted by Gasteiger charge is 2.29. The minimum Gasteiger partial charge on any atom is -0.286 e. The van der Waals surface area contributed by atoms with E-state index >= 15 is 0 Å². The molecule has 0 aliphatic carbocycles. The second kappa shape index (κ2) is 3.71. The van der Waals surface area contributed by atoms with Crippen LogP contribution in [-0.2, 0) is 4.79 Å². The molecule has 1 fully saturated rings. The van der Waals surface area contributed by atoms with Crippen LogP contribution in [0.25, 0.3) is 0 Å². The summed E-state index contributed by atoms with van der Waals surface area (Å²) in [6.45, 7) is 0.465. The highest BCUT2D eigenvalue weighted by atomic mass is 32.2. The predicted octanol–water partition coefficient (Wildman–Crippen LogP) is 2.03. The first kappa shape index (κ1) is 9.68. The number of hydrogen-bond acceptors (Lipinski definition) is 3. The molecule has 0 N–H and O–H groups in total. The number of benzene rings is 1. The topological polar surface area (TPSA) is 20.3 Å². The summed E-state index contributed by atoms with van der Waals surface area (Å²) in [5.41, 5.74) is 0.977. The Kier molecular flexibility index (Phi) is 2.56. The van der Waals surface area contributed by atoms with Crippen molar-refractivity contribution in [2.24, 2.45) is 0 Å². The maximum absolute atomic E-state index is 12.7. The summed E-state index contributed by atoms with van der Waals surface area (Å²) < 4.78 is 12.7. The van der Waals surface area contributed by atoms with E-state index in [0.29, 0.717) is 6.54 Å². The van der Waals surface area contributed by atoms with Crippen LogP contribution in [0.3, 0.4) is 0 Å². The smallest absolute Gasteiger partial charge is 0.204 e. The predicted molar refractivity (Wildman–Crippen MR) is 54.4 cm³/mol. The van der Waals surface area contributed by atoms with Crippen molar-refractivity contribution in [1.82, 2.24) is 4.90 Å². The van der Waals surface area contributed by atoms with Gasteiger partial charge in [0.05, 0.1) is 11.9 Å². The van der Waals surface area contributed by atoms with Gasteiger partial charge in [-0.1, -0.05) is 23.9 Å². The Morgan fingerprint density at radius 1 is 1.43 bits per heavy atom. The highest BCUT2D eigenvalue weighted by Crippen LogP contribution is 2.37. The lowest BCUT2D eigenvalue weighted by atomic mass is 10.2. The van der Waals surface area contributed by atoms with E-state index < -0.39 is 0 Å². The second-order valence-corrected chi connectivity index (χ2v) is 4.45. The van der Waals surface area contributed by atoms with Gasteiger partial charge >= 0.3 is 0 Å². The molecule has 1 aliphatic heterocycles. The van der Waals surface area contributed by atoms with Crippen molar-refractivity contribution in [1.29, 1.82) is 0 Å². The number of hydrogen-bond donors (Lipinski definition) is 0. The molecule has 0 bridgehead atoms. The Balaban J connectivity index is 2.23. The first-order valence-corrected chi connectivity index (χ1v) is 5.20. The summed E-state index contributed by atoms with van der Waals surface area (Å²) in [6, 6.07) is 6.29. The van der Waals surface area contributed by atoms with Crippen LogP contribution in [0.5, 0.6) is 0 Å². The van der Waals surface area contributed by atoms with Crippen LogP contribution < -0.4 is 0 Å². The van der Waals surface area contributed by atoms with E-state index in [-0.39, 0.29) is 16.3 Å². The number of carbonyl (C=O) groups excluding carboxylic acids is 1. The quantitative estimate of drug-likeness (QED) is 0.709. The van der Waals surface area contributed by atoms with E-state index in [1.807, 2.05) is 11.9 Å². The average Bonchev–Trinajstić information content (AvgIpc) is 2.47. The van der Waals surface area contributed by atoms with Crippen LogP contribution >= 0.6 is 11.8 Å². The Labute approximate surface area is 86.1 Å². The van der Waals surface area contributed by atoms with Gasteiger partial charge in [-0.15, -0.1) is 0 Å². The van der Waals surface area contributed by atoms with Crippen molar-refractivity contribution < 1.29 is 9.18 Å². The van der Waals surface area contributed by atoms with E-state index in [4.69, 9.17) is 0 Å². The molecule has 0 saturated carbocycles. The standard InChI is InChI=1S/C10H10FNOS/c1-12-6-9(13)14-10(12)7-2-4-8(11)5-3-7/h2-5,10H,6H2,1H3. The summed E-state index contributed by atoms with van der Waals surface area (Å²) >= 11 is 1.30. The lowest BCUT2D eigenvalue weighted by Crippen LogP contribution is -2.17. The summed E-state index contributed by atoms with van der Waals surface area (Å²) in [5.74, 6) is -0.245. The van der Waals surface area contributed by atoms with E-state index in [1.165, 1.54) is 23.9 Å². The number of nitrogens with zero attached hydrogens (tertiary/aromatic N) is 1. The molecule has 2 rings (SSSR count). The molecule has 1 atom stereocenters. The molecule has 0 aromatic heterocycles. The molecule has 1 aliphatic rings. The van der Waals surface area contributed by atoms with Gasteiger partial charge in [-0.2, -0.15) is 0 Å². The molecule has 1 aromatic rings.